The second kappa shape index (κ2) is 3.51. The number of hydrogen-bond donors (Lipinski definition) is 0. The Morgan fingerprint density at radius 1 is 1.20 bits per heavy atom. The van der Waals surface area contributed by atoms with Crippen molar-refractivity contribution in [3.63, 3.8) is 0 Å². The van der Waals surface area contributed by atoms with Crippen molar-refractivity contribution < 1.29 is 13.2 Å². The molecule has 10 heavy (non-hydrogen) atoms. The third-order valence-electron chi connectivity index (χ3n) is 1.59. The molecule has 0 radical (unpaired) electrons. The van der Waals surface area contributed by atoms with E-state index in [1.807, 2.05) is 0 Å². The second-order valence-electron chi connectivity index (χ2n) is 2.27. The Labute approximate surface area is 63.2 Å². The lowest BCUT2D eigenvalue weighted by Crippen LogP contribution is -2.27. The molecule has 0 aromatic carbocycles. The van der Waals surface area contributed by atoms with E-state index in [2.05, 4.69) is 0 Å². The average Bonchev–Trinajstić information content (AvgIpc) is 1.83. The zero-order valence-corrected chi connectivity index (χ0v) is 7.01. The van der Waals surface area contributed by atoms with Gasteiger partial charge in [-0.05, 0) is 6.26 Å². The maximum atomic E-state index is 11.9. The Balaban J connectivity index is 3.94. The van der Waals surface area contributed by atoms with Crippen molar-refractivity contribution in [2.24, 2.45) is 5.92 Å². The smallest absolute Gasteiger partial charge is 0.171 e. The molecule has 0 amide bonds. The molecule has 0 spiro atoms. The van der Waals surface area contributed by atoms with Crippen molar-refractivity contribution in [1.29, 1.82) is 0 Å². The van der Waals surface area contributed by atoms with Crippen LogP contribution in [0.4, 0.5) is 13.2 Å². The van der Waals surface area contributed by atoms with E-state index in [0.29, 0.717) is 0 Å². The van der Waals surface area contributed by atoms with E-state index < -0.39 is 12.1 Å². The molecule has 0 aromatic heterocycles. The van der Waals surface area contributed by atoms with Crippen LogP contribution in [0.25, 0.3) is 0 Å². The average molecular weight is 172 g/mol. The summed E-state index contributed by atoms with van der Waals surface area (Å²) in [7, 11) is 0. The first-order valence-electron chi connectivity index (χ1n) is 2.99. The van der Waals surface area contributed by atoms with Crippen LogP contribution < -0.4 is 0 Å². The Kier molecular flexibility index (Phi) is 3.56. The fourth-order valence-corrected chi connectivity index (χ4v) is 1.03. The van der Waals surface area contributed by atoms with Gasteiger partial charge in [-0.15, -0.1) is 0 Å². The van der Waals surface area contributed by atoms with E-state index in [9.17, 15) is 13.2 Å². The largest absolute Gasteiger partial charge is 0.392 e. The highest BCUT2D eigenvalue weighted by atomic mass is 32.2. The Morgan fingerprint density at radius 3 is 1.70 bits per heavy atom. The van der Waals surface area contributed by atoms with Crippen LogP contribution in [0.3, 0.4) is 0 Å². The Morgan fingerprint density at radius 2 is 1.60 bits per heavy atom. The highest BCUT2D eigenvalue weighted by Crippen LogP contribution is 2.32. The highest BCUT2D eigenvalue weighted by Gasteiger charge is 2.38. The fourth-order valence-electron chi connectivity index (χ4n) is 0.470. The van der Waals surface area contributed by atoms with Crippen molar-refractivity contribution in [1.82, 2.24) is 0 Å². The predicted molar refractivity (Wildman–Crippen MR) is 38.2 cm³/mol. The van der Waals surface area contributed by atoms with Crippen molar-refractivity contribution in [2.75, 3.05) is 6.26 Å². The molecule has 0 aliphatic heterocycles. The normalized spacial score (nSPS) is 18.6. The van der Waals surface area contributed by atoms with Crippen LogP contribution in [-0.4, -0.2) is 17.7 Å². The van der Waals surface area contributed by atoms with Crippen LogP contribution in [0, 0.1) is 5.92 Å². The van der Waals surface area contributed by atoms with Gasteiger partial charge in [-0.2, -0.15) is 24.9 Å². The first-order valence-corrected chi connectivity index (χ1v) is 4.28. The van der Waals surface area contributed by atoms with Gasteiger partial charge < -0.3 is 0 Å². The molecule has 0 N–H and O–H groups in total. The van der Waals surface area contributed by atoms with Gasteiger partial charge in [-0.3, -0.25) is 0 Å². The van der Waals surface area contributed by atoms with Gasteiger partial charge in [0.1, 0.15) is 0 Å². The summed E-state index contributed by atoms with van der Waals surface area (Å²) in [5, 5.41) is -0.347. The molecule has 0 aliphatic rings. The molecule has 0 aliphatic carbocycles. The van der Waals surface area contributed by atoms with Gasteiger partial charge in [-0.25, -0.2) is 0 Å². The van der Waals surface area contributed by atoms with Gasteiger partial charge in [-0.1, -0.05) is 13.8 Å². The van der Waals surface area contributed by atoms with Crippen molar-refractivity contribution in [3.05, 3.63) is 0 Å². The van der Waals surface area contributed by atoms with E-state index in [0.717, 1.165) is 0 Å². The number of rotatable bonds is 2. The summed E-state index contributed by atoms with van der Waals surface area (Å²) in [6, 6.07) is 0. The molecule has 62 valence electrons. The van der Waals surface area contributed by atoms with Gasteiger partial charge in [0.15, 0.2) is 0 Å². The van der Waals surface area contributed by atoms with Gasteiger partial charge in [0, 0.05) is 5.25 Å². The fraction of sp³-hybridized carbons (Fsp3) is 1.00. The lowest BCUT2D eigenvalue weighted by molar-refractivity contribution is -0.168. The lowest BCUT2D eigenvalue weighted by Gasteiger charge is -2.20. The molecule has 4 heteroatoms. The summed E-state index contributed by atoms with van der Waals surface area (Å²) >= 11 is 1.24. The van der Waals surface area contributed by atoms with Crippen molar-refractivity contribution in [3.8, 4) is 0 Å². The molecular formula is C6H11F3S. The van der Waals surface area contributed by atoms with Gasteiger partial charge >= 0.3 is 6.18 Å². The van der Waals surface area contributed by atoms with E-state index in [1.54, 1.807) is 13.2 Å². The van der Waals surface area contributed by atoms with E-state index in [1.165, 1.54) is 18.7 Å². The van der Waals surface area contributed by atoms with Crippen LogP contribution >= 0.6 is 11.8 Å². The molecule has 0 fully saturated rings. The third kappa shape index (κ3) is 2.82. The van der Waals surface area contributed by atoms with E-state index in [4.69, 9.17) is 0 Å². The summed E-state index contributed by atoms with van der Waals surface area (Å²) in [5.74, 6) is -1.21. The zero-order valence-electron chi connectivity index (χ0n) is 6.20. The lowest BCUT2D eigenvalue weighted by atomic mass is 10.1. The minimum atomic E-state index is -4.04. The van der Waals surface area contributed by atoms with Crippen molar-refractivity contribution in [2.45, 2.75) is 25.3 Å². The predicted octanol–water partition coefficient (Wildman–Crippen LogP) is 2.94. The molecular weight excluding hydrogens is 161 g/mol. The zero-order chi connectivity index (χ0) is 8.36. The number of hydrogen-bond acceptors (Lipinski definition) is 1. The van der Waals surface area contributed by atoms with Crippen LogP contribution in [0.2, 0.25) is 0 Å². The van der Waals surface area contributed by atoms with Crippen LogP contribution in [0.15, 0.2) is 0 Å². The SMILES string of the molecule is CSC(C)[C@H](C)C(F)(F)F. The Hall–Kier alpha value is 0.140. The first-order chi connectivity index (χ1) is 4.39. The molecule has 0 nitrogen and oxygen atoms in total. The number of thioether (sulfide) groups is 1. The maximum absolute atomic E-state index is 11.9. The molecule has 0 saturated heterocycles. The molecule has 0 bridgehead atoms. The minimum Gasteiger partial charge on any atom is -0.171 e. The van der Waals surface area contributed by atoms with Gasteiger partial charge in [0.25, 0.3) is 0 Å². The van der Waals surface area contributed by atoms with Crippen LogP contribution in [0.5, 0.6) is 0 Å². The van der Waals surface area contributed by atoms with E-state index in [-0.39, 0.29) is 5.25 Å². The monoisotopic (exact) mass is 172 g/mol. The summed E-state index contributed by atoms with van der Waals surface area (Å²) in [4.78, 5) is 0. The molecule has 1 unspecified atom stereocenters. The molecule has 0 saturated carbocycles. The first kappa shape index (κ1) is 10.1. The summed E-state index contributed by atoms with van der Waals surface area (Å²) in [6.45, 7) is 2.80. The quantitative estimate of drug-likeness (QED) is 0.617. The van der Waals surface area contributed by atoms with Gasteiger partial charge in [0.2, 0.25) is 0 Å². The van der Waals surface area contributed by atoms with Crippen LogP contribution in [0.1, 0.15) is 13.8 Å². The Bertz CT molecular complexity index is 99.7. The van der Waals surface area contributed by atoms with Gasteiger partial charge in [0.05, 0.1) is 5.92 Å². The summed E-state index contributed by atoms with van der Waals surface area (Å²) < 4.78 is 35.6. The third-order valence-corrected chi connectivity index (χ3v) is 2.74. The molecule has 0 heterocycles. The molecule has 0 aromatic rings. The highest BCUT2D eigenvalue weighted by molar-refractivity contribution is 7.99. The summed E-state index contributed by atoms with van der Waals surface area (Å²) in [5.41, 5.74) is 0. The number of halogens is 3. The molecule has 0 rings (SSSR count). The van der Waals surface area contributed by atoms with E-state index >= 15 is 0 Å². The topological polar surface area (TPSA) is 0 Å². The van der Waals surface area contributed by atoms with Crippen LogP contribution in [-0.2, 0) is 0 Å². The standard InChI is InChI=1S/C6H11F3S/c1-4(5(2)10-3)6(7,8)9/h4-5H,1-3H3/t4-,5?/m0/s1. The maximum Gasteiger partial charge on any atom is 0.392 e. The number of alkyl halides is 3. The van der Waals surface area contributed by atoms with Crippen molar-refractivity contribution >= 4 is 11.8 Å². The minimum absolute atomic E-state index is 0.347. The second-order valence-corrected chi connectivity index (χ2v) is 3.49. The molecule has 2 atom stereocenters. The summed E-state index contributed by atoms with van der Waals surface area (Å²) in [6.07, 6.45) is -2.35.